The summed E-state index contributed by atoms with van der Waals surface area (Å²) < 4.78 is 17.4. The van der Waals surface area contributed by atoms with Crippen molar-refractivity contribution in [2.24, 2.45) is 5.92 Å². The highest BCUT2D eigenvalue weighted by atomic mass is 16.5. The monoisotopic (exact) mass is 558 g/mol. The van der Waals surface area contributed by atoms with Crippen LogP contribution in [0.15, 0.2) is 72.6 Å². The largest absolute Gasteiger partial charge is 0.507 e. The summed E-state index contributed by atoms with van der Waals surface area (Å²) in [6.07, 6.45) is 6.05. The van der Waals surface area contributed by atoms with Gasteiger partial charge in [-0.1, -0.05) is 45.4 Å². The van der Waals surface area contributed by atoms with Crippen LogP contribution in [0.2, 0.25) is 0 Å². The van der Waals surface area contributed by atoms with Crippen molar-refractivity contribution < 1.29 is 28.9 Å². The third kappa shape index (κ3) is 7.06. The first-order valence-electron chi connectivity index (χ1n) is 14.0. The van der Waals surface area contributed by atoms with Crippen molar-refractivity contribution in [3.8, 4) is 17.2 Å². The lowest BCUT2D eigenvalue weighted by Gasteiger charge is -2.26. The fourth-order valence-electron chi connectivity index (χ4n) is 4.68. The highest BCUT2D eigenvalue weighted by Gasteiger charge is 2.46. The maximum atomic E-state index is 13.5. The molecule has 1 aliphatic heterocycles. The molecule has 0 aliphatic carbocycles. The summed E-state index contributed by atoms with van der Waals surface area (Å²) in [5.41, 5.74) is 1.82. The van der Waals surface area contributed by atoms with Gasteiger partial charge in [0.25, 0.3) is 11.7 Å². The van der Waals surface area contributed by atoms with E-state index >= 15 is 0 Å². The van der Waals surface area contributed by atoms with Gasteiger partial charge < -0.3 is 24.2 Å². The van der Waals surface area contributed by atoms with Gasteiger partial charge in [0.05, 0.1) is 31.9 Å². The molecule has 1 aliphatic rings. The Kier molecular flexibility index (Phi) is 10.0. The van der Waals surface area contributed by atoms with Crippen LogP contribution in [0, 0.1) is 5.92 Å². The van der Waals surface area contributed by atoms with Crippen molar-refractivity contribution >= 4 is 17.4 Å². The highest BCUT2D eigenvalue weighted by molar-refractivity contribution is 6.46. The Bertz CT molecular complexity index is 1390. The third-order valence-corrected chi connectivity index (χ3v) is 6.97. The normalized spacial score (nSPS) is 16.3. The zero-order valence-corrected chi connectivity index (χ0v) is 24.1. The Morgan fingerprint density at radius 2 is 1.78 bits per heavy atom. The lowest BCUT2D eigenvalue weighted by molar-refractivity contribution is -0.140. The lowest BCUT2D eigenvalue weighted by Crippen LogP contribution is -2.29. The second-order valence-electron chi connectivity index (χ2n) is 10.5. The molecular weight excluding hydrogens is 520 g/mol. The number of hydrogen-bond donors (Lipinski definition) is 1. The van der Waals surface area contributed by atoms with Gasteiger partial charge in [0, 0.05) is 24.5 Å². The molecule has 216 valence electrons. The molecule has 8 heteroatoms. The average Bonchev–Trinajstić information content (AvgIpc) is 3.22. The van der Waals surface area contributed by atoms with Crippen LogP contribution in [0.25, 0.3) is 5.76 Å². The van der Waals surface area contributed by atoms with E-state index in [4.69, 9.17) is 14.2 Å². The van der Waals surface area contributed by atoms with Gasteiger partial charge in [0.15, 0.2) is 11.5 Å². The molecule has 0 spiro atoms. The number of ketones is 1. The minimum atomic E-state index is -0.855. The zero-order chi connectivity index (χ0) is 29.4. The number of aliphatic hydroxyl groups is 1. The Morgan fingerprint density at radius 1 is 1.00 bits per heavy atom. The van der Waals surface area contributed by atoms with Crippen LogP contribution >= 0.6 is 0 Å². The van der Waals surface area contributed by atoms with Crippen LogP contribution in [0.3, 0.4) is 0 Å². The molecule has 2 aromatic carbocycles. The quantitative estimate of drug-likeness (QED) is 0.114. The molecule has 0 radical (unpaired) electrons. The van der Waals surface area contributed by atoms with Gasteiger partial charge in [0.1, 0.15) is 11.5 Å². The first-order chi connectivity index (χ1) is 19.8. The molecule has 1 N–H and O–H groups in total. The van der Waals surface area contributed by atoms with Crippen molar-refractivity contribution in [1.29, 1.82) is 0 Å². The Morgan fingerprint density at radius 3 is 2.49 bits per heavy atom. The van der Waals surface area contributed by atoms with E-state index in [1.54, 1.807) is 74.1 Å². The fourth-order valence-corrected chi connectivity index (χ4v) is 4.68. The Hall–Kier alpha value is -4.33. The molecule has 1 atom stereocenters. The second-order valence-corrected chi connectivity index (χ2v) is 10.5. The molecule has 2 heterocycles. The Labute approximate surface area is 241 Å². The number of ether oxygens (including phenoxy) is 3. The number of carbonyl (C=O) groups excluding carboxylic acids is 2. The maximum Gasteiger partial charge on any atom is 0.295 e. The third-order valence-electron chi connectivity index (χ3n) is 6.97. The highest BCUT2D eigenvalue weighted by Crippen LogP contribution is 2.43. The number of rotatable bonds is 13. The zero-order valence-electron chi connectivity index (χ0n) is 24.1. The molecule has 1 aromatic heterocycles. The van der Waals surface area contributed by atoms with Crippen molar-refractivity contribution in [3.05, 3.63) is 89.3 Å². The molecule has 8 nitrogen and oxygen atoms in total. The van der Waals surface area contributed by atoms with Crippen LogP contribution in [0.1, 0.15) is 62.8 Å². The summed E-state index contributed by atoms with van der Waals surface area (Å²) in [7, 11) is 1.55. The summed E-state index contributed by atoms with van der Waals surface area (Å²) in [4.78, 5) is 32.5. The standard InChI is InChI=1S/C33H38N2O6/c1-5-6-17-40-26-9-7-8-25(19-26)31(36)29-30(35(33(38)32(29)37)21-23-12-15-34-16-13-23)24-10-11-27(28(20-24)39-4)41-18-14-22(2)3/h7-13,15-16,19-20,22,30,36H,5-6,14,17-18,21H2,1-4H3/b31-29+. The van der Waals surface area contributed by atoms with E-state index in [1.165, 1.54) is 4.90 Å². The van der Waals surface area contributed by atoms with E-state index < -0.39 is 17.7 Å². The van der Waals surface area contributed by atoms with E-state index in [-0.39, 0.29) is 17.9 Å². The van der Waals surface area contributed by atoms with Gasteiger partial charge in [-0.3, -0.25) is 14.6 Å². The number of benzene rings is 2. The molecule has 1 amide bonds. The number of hydrogen-bond acceptors (Lipinski definition) is 7. The van der Waals surface area contributed by atoms with Crippen molar-refractivity contribution in [3.63, 3.8) is 0 Å². The maximum absolute atomic E-state index is 13.5. The van der Waals surface area contributed by atoms with Crippen LogP contribution in [-0.2, 0) is 16.1 Å². The van der Waals surface area contributed by atoms with E-state index in [0.717, 1.165) is 24.8 Å². The number of nitrogens with zero attached hydrogens (tertiary/aromatic N) is 2. The summed E-state index contributed by atoms with van der Waals surface area (Å²) in [6.45, 7) is 7.57. The number of likely N-dealkylation sites (tertiary alicyclic amines) is 1. The molecule has 1 saturated heterocycles. The van der Waals surface area contributed by atoms with E-state index in [2.05, 4.69) is 25.8 Å². The number of amides is 1. The minimum Gasteiger partial charge on any atom is -0.507 e. The number of unbranched alkanes of at least 4 members (excludes halogenated alkanes) is 1. The first kappa shape index (κ1) is 29.6. The van der Waals surface area contributed by atoms with E-state index in [9.17, 15) is 14.7 Å². The number of aliphatic hydroxyl groups excluding tert-OH is 1. The SMILES string of the molecule is CCCCOc1cccc(/C(O)=C2\C(=O)C(=O)N(Cc3ccncc3)C2c2ccc(OCCC(C)C)c(OC)c2)c1. The van der Waals surface area contributed by atoms with Crippen LogP contribution in [0.5, 0.6) is 17.2 Å². The van der Waals surface area contributed by atoms with Crippen molar-refractivity contribution in [2.75, 3.05) is 20.3 Å². The number of Topliss-reactive ketones (excluding diaryl/α,β-unsaturated/α-hetero) is 1. The number of methoxy groups -OCH3 is 1. The topological polar surface area (TPSA) is 98.2 Å². The van der Waals surface area contributed by atoms with E-state index in [0.29, 0.717) is 47.5 Å². The Balaban J connectivity index is 1.78. The van der Waals surface area contributed by atoms with Gasteiger partial charge in [-0.2, -0.15) is 0 Å². The molecule has 4 rings (SSSR count). The first-order valence-corrected chi connectivity index (χ1v) is 14.0. The smallest absolute Gasteiger partial charge is 0.295 e. The van der Waals surface area contributed by atoms with Gasteiger partial charge in [-0.05, 0) is 66.3 Å². The second kappa shape index (κ2) is 13.8. The van der Waals surface area contributed by atoms with Gasteiger partial charge in [-0.25, -0.2) is 0 Å². The molecule has 1 fully saturated rings. The number of pyridine rings is 1. The molecule has 0 saturated carbocycles. The van der Waals surface area contributed by atoms with Crippen LogP contribution in [0.4, 0.5) is 0 Å². The van der Waals surface area contributed by atoms with Crippen molar-refractivity contribution in [1.82, 2.24) is 9.88 Å². The summed E-state index contributed by atoms with van der Waals surface area (Å²) >= 11 is 0. The molecule has 41 heavy (non-hydrogen) atoms. The summed E-state index contributed by atoms with van der Waals surface area (Å²) in [5.74, 6) is 0.406. The predicted molar refractivity (Wildman–Crippen MR) is 157 cm³/mol. The summed E-state index contributed by atoms with van der Waals surface area (Å²) in [6, 6.07) is 15.0. The molecule has 0 bridgehead atoms. The minimum absolute atomic E-state index is 0.00490. The molecule has 3 aromatic rings. The average molecular weight is 559 g/mol. The van der Waals surface area contributed by atoms with Gasteiger partial charge in [-0.15, -0.1) is 0 Å². The predicted octanol–water partition coefficient (Wildman–Crippen LogP) is 6.32. The molecule has 1 unspecified atom stereocenters. The van der Waals surface area contributed by atoms with Gasteiger partial charge in [0.2, 0.25) is 0 Å². The van der Waals surface area contributed by atoms with Gasteiger partial charge >= 0.3 is 0 Å². The molecular formula is C33H38N2O6. The van der Waals surface area contributed by atoms with Crippen LogP contribution in [-0.4, -0.2) is 47.0 Å². The van der Waals surface area contributed by atoms with Crippen LogP contribution < -0.4 is 14.2 Å². The van der Waals surface area contributed by atoms with Crippen molar-refractivity contribution in [2.45, 2.75) is 52.6 Å². The van der Waals surface area contributed by atoms with E-state index in [1.807, 2.05) is 0 Å². The fraction of sp³-hybridized carbons (Fsp3) is 0.364. The number of carbonyl (C=O) groups is 2. The lowest BCUT2D eigenvalue weighted by atomic mass is 9.94. The summed E-state index contributed by atoms with van der Waals surface area (Å²) in [5, 5.41) is 11.5. The number of aromatic nitrogens is 1.